The zero-order valence-corrected chi connectivity index (χ0v) is 16.0. The van der Waals surface area contributed by atoms with E-state index in [0.717, 1.165) is 37.2 Å². The molecule has 1 saturated heterocycles. The number of aromatic nitrogens is 1. The summed E-state index contributed by atoms with van der Waals surface area (Å²) in [6, 6.07) is 4.04. The Bertz CT molecular complexity index is 528. The lowest BCUT2D eigenvalue weighted by Crippen LogP contribution is -2.36. The molecule has 0 aromatic carbocycles. The molecule has 0 spiro atoms. The number of halogens is 1. The van der Waals surface area contributed by atoms with E-state index in [9.17, 15) is 4.79 Å². The van der Waals surface area contributed by atoms with Crippen molar-refractivity contribution in [2.24, 2.45) is 5.92 Å². The van der Waals surface area contributed by atoms with Crippen molar-refractivity contribution < 1.29 is 9.53 Å². The Morgan fingerprint density at radius 3 is 2.83 bits per heavy atom. The predicted octanol–water partition coefficient (Wildman–Crippen LogP) is 3.53. The maximum atomic E-state index is 12.1. The number of carbonyl (C=O) groups excluding carboxylic acids is 1. The molecule has 1 atom stereocenters. The predicted molar refractivity (Wildman–Crippen MR) is 94.2 cm³/mol. The molecule has 0 aliphatic carbocycles. The van der Waals surface area contributed by atoms with Gasteiger partial charge in [0.05, 0.1) is 0 Å². The molecule has 0 saturated carbocycles. The maximum absolute atomic E-state index is 12.1. The van der Waals surface area contributed by atoms with Crippen LogP contribution >= 0.6 is 15.9 Å². The Kier molecular flexibility index (Phi) is 6.03. The molecule has 1 aliphatic heterocycles. The maximum Gasteiger partial charge on any atom is 0.410 e. The van der Waals surface area contributed by atoms with Gasteiger partial charge in [0, 0.05) is 32.4 Å². The van der Waals surface area contributed by atoms with Crippen LogP contribution in [-0.4, -0.2) is 53.2 Å². The molecule has 0 bridgehead atoms. The summed E-state index contributed by atoms with van der Waals surface area (Å²) in [5, 5.41) is 0. The lowest BCUT2D eigenvalue weighted by molar-refractivity contribution is 0.0285. The lowest BCUT2D eigenvalue weighted by Gasteiger charge is -2.25. The van der Waals surface area contributed by atoms with E-state index in [4.69, 9.17) is 4.74 Å². The third kappa shape index (κ3) is 6.11. The minimum atomic E-state index is -0.430. The average molecular weight is 384 g/mol. The van der Waals surface area contributed by atoms with E-state index < -0.39 is 5.60 Å². The van der Waals surface area contributed by atoms with Gasteiger partial charge in [-0.1, -0.05) is 6.07 Å². The Hall–Kier alpha value is -1.14. The number of nitrogens with zero attached hydrogens (tertiary/aromatic N) is 3. The zero-order valence-electron chi connectivity index (χ0n) is 14.4. The highest BCUT2D eigenvalue weighted by Gasteiger charge is 2.30. The van der Waals surface area contributed by atoms with Gasteiger partial charge in [-0.2, -0.15) is 0 Å². The molecule has 128 valence electrons. The molecular weight excluding hydrogens is 358 g/mol. The number of pyridine rings is 1. The minimum absolute atomic E-state index is 0.195. The molecule has 1 aliphatic rings. The van der Waals surface area contributed by atoms with Crippen molar-refractivity contribution in [3.8, 4) is 0 Å². The topological polar surface area (TPSA) is 45.7 Å². The van der Waals surface area contributed by atoms with Crippen molar-refractivity contribution in [3.05, 3.63) is 28.5 Å². The molecule has 2 rings (SSSR count). The molecule has 5 nitrogen and oxygen atoms in total. The van der Waals surface area contributed by atoms with Crippen LogP contribution in [-0.2, 0) is 11.3 Å². The van der Waals surface area contributed by atoms with Crippen LogP contribution in [0.4, 0.5) is 4.79 Å². The van der Waals surface area contributed by atoms with Crippen LogP contribution in [0.1, 0.15) is 32.8 Å². The van der Waals surface area contributed by atoms with Crippen LogP contribution in [0.2, 0.25) is 0 Å². The minimum Gasteiger partial charge on any atom is -0.444 e. The Morgan fingerprint density at radius 1 is 1.48 bits per heavy atom. The van der Waals surface area contributed by atoms with Crippen LogP contribution < -0.4 is 0 Å². The SMILES string of the molecule is CN(Cc1ccc(Br)nc1)C[C@@H]1CCN(C(=O)OC(C)(C)C)C1. The molecule has 6 heteroatoms. The van der Waals surface area contributed by atoms with Gasteiger partial charge in [0.1, 0.15) is 10.2 Å². The van der Waals surface area contributed by atoms with Gasteiger partial charge in [-0.05, 0) is 67.7 Å². The van der Waals surface area contributed by atoms with Crippen LogP contribution in [0.3, 0.4) is 0 Å². The van der Waals surface area contributed by atoms with Gasteiger partial charge in [0.2, 0.25) is 0 Å². The monoisotopic (exact) mass is 383 g/mol. The first-order valence-corrected chi connectivity index (χ1v) is 8.79. The first-order chi connectivity index (χ1) is 10.7. The van der Waals surface area contributed by atoms with Gasteiger partial charge in [-0.3, -0.25) is 0 Å². The summed E-state index contributed by atoms with van der Waals surface area (Å²) >= 11 is 3.35. The highest BCUT2D eigenvalue weighted by Crippen LogP contribution is 2.20. The third-order valence-electron chi connectivity index (χ3n) is 3.75. The van der Waals surface area contributed by atoms with Crippen molar-refractivity contribution in [2.45, 2.75) is 39.3 Å². The van der Waals surface area contributed by atoms with Crippen molar-refractivity contribution >= 4 is 22.0 Å². The summed E-state index contributed by atoms with van der Waals surface area (Å²) in [4.78, 5) is 20.5. The number of carbonyl (C=O) groups is 1. The van der Waals surface area contributed by atoms with Crippen LogP contribution in [0.15, 0.2) is 22.9 Å². The van der Waals surface area contributed by atoms with Gasteiger partial charge >= 0.3 is 6.09 Å². The molecule has 1 aromatic heterocycles. The Labute approximate surface area is 147 Å². The lowest BCUT2D eigenvalue weighted by atomic mass is 10.1. The van der Waals surface area contributed by atoms with E-state index in [-0.39, 0.29) is 6.09 Å². The number of ether oxygens (including phenoxy) is 1. The van der Waals surface area contributed by atoms with E-state index in [1.165, 1.54) is 5.56 Å². The largest absolute Gasteiger partial charge is 0.444 e. The molecule has 1 aromatic rings. The van der Waals surface area contributed by atoms with Gasteiger partial charge in [-0.15, -0.1) is 0 Å². The summed E-state index contributed by atoms with van der Waals surface area (Å²) in [6.07, 6.45) is 2.73. The summed E-state index contributed by atoms with van der Waals surface area (Å²) in [6.45, 7) is 9.10. The number of hydrogen-bond donors (Lipinski definition) is 0. The van der Waals surface area contributed by atoms with Gasteiger partial charge < -0.3 is 14.5 Å². The summed E-state index contributed by atoms with van der Waals surface area (Å²) in [7, 11) is 2.11. The fourth-order valence-electron chi connectivity index (χ4n) is 2.79. The Morgan fingerprint density at radius 2 is 2.22 bits per heavy atom. The van der Waals surface area contributed by atoms with Crippen molar-refractivity contribution in [1.82, 2.24) is 14.8 Å². The van der Waals surface area contributed by atoms with E-state index in [2.05, 4.69) is 38.9 Å². The first-order valence-electron chi connectivity index (χ1n) is 8.00. The standard InChI is InChI=1S/C17H26BrN3O2/c1-17(2,3)23-16(22)21-8-7-14(12-21)11-20(4)10-13-5-6-15(18)19-9-13/h5-6,9,14H,7-8,10-12H2,1-4H3/t14-/m0/s1. The molecule has 1 fully saturated rings. The second kappa shape index (κ2) is 7.62. The quantitative estimate of drug-likeness (QED) is 0.745. The summed E-state index contributed by atoms with van der Waals surface area (Å²) in [5.41, 5.74) is 0.762. The average Bonchev–Trinajstić information content (AvgIpc) is 2.88. The third-order valence-corrected chi connectivity index (χ3v) is 4.22. The number of rotatable bonds is 4. The van der Waals surface area contributed by atoms with E-state index >= 15 is 0 Å². The van der Waals surface area contributed by atoms with E-state index in [0.29, 0.717) is 5.92 Å². The number of likely N-dealkylation sites (tertiary alicyclic amines) is 1. The van der Waals surface area contributed by atoms with Crippen molar-refractivity contribution in [3.63, 3.8) is 0 Å². The molecule has 0 N–H and O–H groups in total. The fraction of sp³-hybridized carbons (Fsp3) is 0.647. The second-order valence-electron chi connectivity index (χ2n) is 7.27. The molecule has 0 radical (unpaired) electrons. The molecule has 1 amide bonds. The summed E-state index contributed by atoms with van der Waals surface area (Å²) in [5.74, 6) is 0.496. The molecule has 23 heavy (non-hydrogen) atoms. The molecular formula is C17H26BrN3O2. The Balaban J connectivity index is 1.78. The molecule has 2 heterocycles. The highest BCUT2D eigenvalue weighted by atomic mass is 79.9. The van der Waals surface area contributed by atoms with Gasteiger partial charge in [-0.25, -0.2) is 9.78 Å². The highest BCUT2D eigenvalue weighted by molar-refractivity contribution is 9.10. The number of hydrogen-bond acceptors (Lipinski definition) is 4. The van der Waals surface area contributed by atoms with E-state index in [1.54, 1.807) is 0 Å². The normalized spacial score (nSPS) is 18.5. The van der Waals surface area contributed by atoms with Crippen molar-refractivity contribution in [2.75, 3.05) is 26.7 Å². The van der Waals surface area contributed by atoms with Crippen LogP contribution in [0.25, 0.3) is 0 Å². The summed E-state index contributed by atoms with van der Waals surface area (Å²) < 4.78 is 6.30. The number of amides is 1. The zero-order chi connectivity index (χ0) is 17.0. The van der Waals surface area contributed by atoms with Crippen molar-refractivity contribution in [1.29, 1.82) is 0 Å². The molecule has 0 unspecified atom stereocenters. The van der Waals surface area contributed by atoms with E-state index in [1.807, 2.05) is 37.9 Å². The van der Waals surface area contributed by atoms with Crippen LogP contribution in [0, 0.1) is 5.92 Å². The fourth-order valence-corrected chi connectivity index (χ4v) is 3.03. The second-order valence-corrected chi connectivity index (χ2v) is 8.08. The van der Waals surface area contributed by atoms with Gasteiger partial charge in [0.15, 0.2) is 0 Å². The first kappa shape index (κ1) is 18.2. The van der Waals surface area contributed by atoms with Gasteiger partial charge in [0.25, 0.3) is 0 Å². The van der Waals surface area contributed by atoms with Crippen LogP contribution in [0.5, 0.6) is 0 Å². The smallest absolute Gasteiger partial charge is 0.410 e.